The van der Waals surface area contributed by atoms with Gasteiger partial charge < -0.3 is 15.0 Å². The number of nitrogens with zero attached hydrogens (tertiary/aromatic N) is 1. The van der Waals surface area contributed by atoms with Crippen molar-refractivity contribution in [1.29, 1.82) is 0 Å². The van der Waals surface area contributed by atoms with E-state index in [0.29, 0.717) is 6.04 Å². The Hall–Kier alpha value is -2.16. The minimum absolute atomic E-state index is 0.499. The number of anilines is 2. The summed E-state index contributed by atoms with van der Waals surface area (Å²) in [6.07, 6.45) is 3.52. The first-order valence-corrected chi connectivity index (χ1v) is 8.65. The predicted molar refractivity (Wildman–Crippen MR) is 95.7 cm³/mol. The number of nitrogens with one attached hydrogen (secondary N) is 1. The van der Waals surface area contributed by atoms with E-state index in [1.807, 2.05) is 0 Å². The Bertz CT molecular complexity index is 698. The van der Waals surface area contributed by atoms with Crippen LogP contribution in [0.2, 0.25) is 0 Å². The Balaban J connectivity index is 1.53. The van der Waals surface area contributed by atoms with Crippen LogP contribution in [0.25, 0.3) is 0 Å². The number of para-hydroxylation sites is 1. The van der Waals surface area contributed by atoms with Gasteiger partial charge in [-0.05, 0) is 55.5 Å². The van der Waals surface area contributed by atoms with Crippen LogP contribution >= 0.6 is 0 Å². The fourth-order valence-electron chi connectivity index (χ4n) is 3.79. The topological polar surface area (TPSA) is 24.5 Å². The summed E-state index contributed by atoms with van der Waals surface area (Å²) in [5.74, 6) is 0.982. The van der Waals surface area contributed by atoms with E-state index in [2.05, 4.69) is 59.6 Å². The van der Waals surface area contributed by atoms with Crippen LogP contribution in [0.4, 0.5) is 11.4 Å². The molecular formula is C20H24N2O. The number of ether oxygens (including phenoxy) is 1. The fourth-order valence-corrected chi connectivity index (χ4v) is 3.79. The third-order valence-electron chi connectivity index (χ3n) is 4.93. The number of hydrogen-bond acceptors (Lipinski definition) is 3. The largest absolute Gasteiger partial charge is 0.490 e. The van der Waals surface area contributed by atoms with Crippen molar-refractivity contribution in [3.05, 3.63) is 53.6 Å². The van der Waals surface area contributed by atoms with E-state index < -0.39 is 0 Å². The Morgan fingerprint density at radius 3 is 3.09 bits per heavy atom. The highest BCUT2D eigenvalue weighted by atomic mass is 16.5. The summed E-state index contributed by atoms with van der Waals surface area (Å²) in [4.78, 5) is 2.57. The van der Waals surface area contributed by atoms with Crippen molar-refractivity contribution >= 4 is 11.4 Å². The van der Waals surface area contributed by atoms with E-state index in [-0.39, 0.29) is 0 Å². The number of rotatable bonds is 3. The lowest BCUT2D eigenvalue weighted by Crippen LogP contribution is -2.38. The second-order valence-corrected chi connectivity index (χ2v) is 6.58. The molecule has 3 heteroatoms. The van der Waals surface area contributed by atoms with Gasteiger partial charge in [-0.1, -0.05) is 24.3 Å². The average molecular weight is 308 g/mol. The Kier molecular flexibility index (Phi) is 3.86. The van der Waals surface area contributed by atoms with Gasteiger partial charge in [0.1, 0.15) is 12.4 Å². The van der Waals surface area contributed by atoms with Crippen LogP contribution in [0, 0.1) is 0 Å². The fraction of sp³-hybridized carbons (Fsp3) is 0.400. The van der Waals surface area contributed by atoms with Crippen LogP contribution in [-0.2, 0) is 12.8 Å². The van der Waals surface area contributed by atoms with Crippen LogP contribution in [0.1, 0.15) is 24.5 Å². The molecule has 4 rings (SSSR count). The molecular weight excluding hydrogens is 284 g/mol. The SMILES string of the molecule is CC(Cc1ccc2c(c1)NCCO2)N1CCCc2ccccc21. The standard InChI is InChI=1S/C20H24N2O/c1-15(22-11-4-6-17-5-2-3-7-19(17)22)13-16-8-9-20-18(14-16)21-10-12-23-20/h2-3,5,7-9,14-15,21H,4,6,10-13H2,1H3. The third-order valence-corrected chi connectivity index (χ3v) is 4.93. The molecule has 0 amide bonds. The van der Waals surface area contributed by atoms with Gasteiger partial charge in [0, 0.05) is 24.8 Å². The van der Waals surface area contributed by atoms with Crippen molar-refractivity contribution in [3.63, 3.8) is 0 Å². The van der Waals surface area contributed by atoms with E-state index >= 15 is 0 Å². The molecule has 0 fully saturated rings. The molecule has 0 bridgehead atoms. The Morgan fingerprint density at radius 2 is 2.13 bits per heavy atom. The molecule has 120 valence electrons. The molecule has 2 aromatic carbocycles. The summed E-state index contributed by atoms with van der Waals surface area (Å²) in [6, 6.07) is 15.9. The van der Waals surface area contributed by atoms with E-state index in [1.54, 1.807) is 0 Å². The van der Waals surface area contributed by atoms with Gasteiger partial charge >= 0.3 is 0 Å². The summed E-state index contributed by atoms with van der Waals surface area (Å²) in [5.41, 5.74) is 5.43. The van der Waals surface area contributed by atoms with E-state index in [9.17, 15) is 0 Å². The van der Waals surface area contributed by atoms with Crippen molar-refractivity contribution in [2.45, 2.75) is 32.2 Å². The van der Waals surface area contributed by atoms with Crippen LogP contribution in [0.3, 0.4) is 0 Å². The van der Waals surface area contributed by atoms with Gasteiger partial charge in [-0.15, -0.1) is 0 Å². The summed E-state index contributed by atoms with van der Waals surface area (Å²) in [6.45, 7) is 5.15. The third kappa shape index (κ3) is 2.88. The van der Waals surface area contributed by atoms with Gasteiger partial charge in [0.25, 0.3) is 0 Å². The molecule has 0 saturated heterocycles. The zero-order chi connectivity index (χ0) is 15.6. The van der Waals surface area contributed by atoms with Crippen LogP contribution in [0.15, 0.2) is 42.5 Å². The van der Waals surface area contributed by atoms with Gasteiger partial charge in [0.15, 0.2) is 0 Å². The summed E-state index contributed by atoms with van der Waals surface area (Å²) in [7, 11) is 0. The lowest BCUT2D eigenvalue weighted by Gasteiger charge is -2.36. The van der Waals surface area contributed by atoms with Crippen LogP contribution in [0.5, 0.6) is 5.75 Å². The second kappa shape index (κ2) is 6.15. The van der Waals surface area contributed by atoms with Gasteiger partial charge in [-0.3, -0.25) is 0 Å². The summed E-state index contributed by atoms with van der Waals surface area (Å²) < 4.78 is 5.67. The van der Waals surface area contributed by atoms with E-state index in [4.69, 9.17) is 4.74 Å². The molecule has 1 unspecified atom stereocenters. The first-order valence-electron chi connectivity index (χ1n) is 8.65. The predicted octanol–water partition coefficient (Wildman–Crippen LogP) is 3.87. The highest BCUT2D eigenvalue weighted by molar-refractivity contribution is 5.60. The molecule has 3 nitrogen and oxygen atoms in total. The zero-order valence-corrected chi connectivity index (χ0v) is 13.7. The maximum atomic E-state index is 5.67. The normalized spacial score (nSPS) is 17.5. The second-order valence-electron chi connectivity index (χ2n) is 6.58. The van der Waals surface area contributed by atoms with Gasteiger partial charge in [-0.25, -0.2) is 0 Å². The maximum Gasteiger partial charge on any atom is 0.142 e. The minimum atomic E-state index is 0.499. The van der Waals surface area contributed by atoms with E-state index in [1.165, 1.54) is 29.7 Å². The smallest absolute Gasteiger partial charge is 0.142 e. The molecule has 0 aliphatic carbocycles. The van der Waals surface area contributed by atoms with Crippen molar-refractivity contribution in [2.24, 2.45) is 0 Å². The Morgan fingerprint density at radius 1 is 1.22 bits per heavy atom. The lowest BCUT2D eigenvalue weighted by molar-refractivity contribution is 0.323. The summed E-state index contributed by atoms with van der Waals surface area (Å²) in [5, 5.41) is 3.43. The number of aryl methyl sites for hydroxylation is 1. The molecule has 2 aromatic rings. The minimum Gasteiger partial charge on any atom is -0.490 e. The van der Waals surface area contributed by atoms with Gasteiger partial charge in [0.2, 0.25) is 0 Å². The van der Waals surface area contributed by atoms with E-state index in [0.717, 1.165) is 37.6 Å². The van der Waals surface area contributed by atoms with Crippen molar-refractivity contribution in [1.82, 2.24) is 0 Å². The number of hydrogen-bond donors (Lipinski definition) is 1. The van der Waals surface area contributed by atoms with Crippen LogP contribution < -0.4 is 15.0 Å². The first-order chi connectivity index (χ1) is 11.3. The first kappa shape index (κ1) is 14.4. The summed E-state index contributed by atoms with van der Waals surface area (Å²) >= 11 is 0. The molecule has 2 aliphatic rings. The molecule has 0 aromatic heterocycles. The molecule has 0 saturated carbocycles. The molecule has 0 radical (unpaired) electrons. The van der Waals surface area contributed by atoms with Gasteiger partial charge in [-0.2, -0.15) is 0 Å². The highest BCUT2D eigenvalue weighted by Crippen LogP contribution is 2.31. The Labute approximate surface area is 138 Å². The molecule has 2 aliphatic heterocycles. The lowest BCUT2D eigenvalue weighted by atomic mass is 9.97. The molecule has 1 atom stereocenters. The zero-order valence-electron chi connectivity index (χ0n) is 13.7. The van der Waals surface area contributed by atoms with Crippen molar-refractivity contribution < 1.29 is 4.74 Å². The quantitative estimate of drug-likeness (QED) is 0.931. The molecule has 23 heavy (non-hydrogen) atoms. The molecule has 0 spiro atoms. The highest BCUT2D eigenvalue weighted by Gasteiger charge is 2.21. The monoisotopic (exact) mass is 308 g/mol. The number of benzene rings is 2. The van der Waals surface area contributed by atoms with Gasteiger partial charge in [0.05, 0.1) is 5.69 Å². The van der Waals surface area contributed by atoms with Crippen molar-refractivity contribution in [3.8, 4) is 5.75 Å². The molecule has 1 N–H and O–H groups in total. The van der Waals surface area contributed by atoms with Crippen molar-refractivity contribution in [2.75, 3.05) is 29.9 Å². The average Bonchev–Trinajstić information content (AvgIpc) is 2.61. The molecule has 2 heterocycles. The number of fused-ring (bicyclic) bond motifs is 2. The van der Waals surface area contributed by atoms with Crippen LogP contribution in [-0.4, -0.2) is 25.7 Å². The maximum absolute atomic E-state index is 5.67.